The number of allylic oxidation sites excluding steroid dienone is 1. The standard InChI is InChI=1S/C12H21NO3/c1-12(2,3)8-7-10(14)13(4)9-5-6-11(15)16/h7-8H,5-6,9H2,1-4H3,(H,15,16)/b8-7+. The number of hydrogen-bond acceptors (Lipinski definition) is 2. The van der Waals surface area contributed by atoms with E-state index in [2.05, 4.69) is 0 Å². The fourth-order valence-corrected chi connectivity index (χ4v) is 1.03. The Bertz CT molecular complexity index is 276. The molecule has 0 aromatic rings. The second-order valence-corrected chi connectivity index (χ2v) is 4.96. The Hall–Kier alpha value is -1.32. The maximum atomic E-state index is 11.6. The first-order valence-corrected chi connectivity index (χ1v) is 5.38. The van der Waals surface area contributed by atoms with Gasteiger partial charge in [0.2, 0.25) is 5.91 Å². The minimum Gasteiger partial charge on any atom is -0.481 e. The van der Waals surface area contributed by atoms with Crippen LogP contribution in [0.2, 0.25) is 0 Å². The molecule has 0 rings (SSSR count). The molecule has 0 bridgehead atoms. The molecule has 0 radical (unpaired) electrons. The minimum absolute atomic E-state index is 0.0163. The Balaban J connectivity index is 4.00. The van der Waals surface area contributed by atoms with Gasteiger partial charge in [-0.1, -0.05) is 26.8 Å². The molecular weight excluding hydrogens is 206 g/mol. The first-order chi connectivity index (χ1) is 7.22. The molecule has 0 aromatic heterocycles. The van der Waals surface area contributed by atoms with Crippen LogP contribution in [0.15, 0.2) is 12.2 Å². The van der Waals surface area contributed by atoms with Gasteiger partial charge in [-0.2, -0.15) is 0 Å². The van der Waals surface area contributed by atoms with Crippen molar-refractivity contribution in [3.8, 4) is 0 Å². The van der Waals surface area contributed by atoms with Crippen LogP contribution in [-0.4, -0.2) is 35.5 Å². The van der Waals surface area contributed by atoms with Crippen LogP contribution in [0.1, 0.15) is 33.6 Å². The molecule has 4 heteroatoms. The van der Waals surface area contributed by atoms with Gasteiger partial charge in [0.05, 0.1) is 0 Å². The summed E-state index contributed by atoms with van der Waals surface area (Å²) in [5.74, 6) is -0.911. The van der Waals surface area contributed by atoms with Crippen LogP contribution in [0.4, 0.5) is 0 Å². The van der Waals surface area contributed by atoms with E-state index in [1.54, 1.807) is 13.1 Å². The summed E-state index contributed by atoms with van der Waals surface area (Å²) < 4.78 is 0. The van der Waals surface area contributed by atoms with Gasteiger partial charge in [-0.05, 0) is 17.9 Å². The van der Waals surface area contributed by atoms with Gasteiger partial charge in [-0.3, -0.25) is 9.59 Å². The Labute approximate surface area is 96.9 Å². The molecule has 4 nitrogen and oxygen atoms in total. The van der Waals surface area contributed by atoms with Crippen molar-refractivity contribution >= 4 is 11.9 Å². The summed E-state index contributed by atoms with van der Waals surface area (Å²) >= 11 is 0. The van der Waals surface area contributed by atoms with Gasteiger partial charge < -0.3 is 10.0 Å². The van der Waals surface area contributed by atoms with Crippen molar-refractivity contribution in [3.05, 3.63) is 12.2 Å². The van der Waals surface area contributed by atoms with Gasteiger partial charge >= 0.3 is 5.97 Å². The number of nitrogens with zero attached hydrogens (tertiary/aromatic N) is 1. The smallest absolute Gasteiger partial charge is 0.303 e. The summed E-state index contributed by atoms with van der Waals surface area (Å²) in [7, 11) is 1.68. The number of carbonyl (C=O) groups excluding carboxylic acids is 1. The zero-order valence-electron chi connectivity index (χ0n) is 10.5. The van der Waals surface area contributed by atoms with Gasteiger partial charge in [-0.15, -0.1) is 0 Å². The first-order valence-electron chi connectivity index (χ1n) is 5.38. The molecule has 0 heterocycles. The molecule has 0 unspecified atom stereocenters. The monoisotopic (exact) mass is 227 g/mol. The van der Waals surface area contributed by atoms with Gasteiger partial charge in [0.15, 0.2) is 0 Å². The van der Waals surface area contributed by atoms with E-state index in [0.29, 0.717) is 13.0 Å². The molecule has 92 valence electrons. The third-order valence-corrected chi connectivity index (χ3v) is 1.99. The highest BCUT2D eigenvalue weighted by Crippen LogP contribution is 2.14. The van der Waals surface area contributed by atoms with Gasteiger partial charge in [0, 0.05) is 20.0 Å². The lowest BCUT2D eigenvalue weighted by molar-refractivity contribution is -0.137. The van der Waals surface area contributed by atoms with Crippen molar-refractivity contribution < 1.29 is 14.7 Å². The van der Waals surface area contributed by atoms with E-state index in [1.165, 1.54) is 4.90 Å². The molecule has 16 heavy (non-hydrogen) atoms. The van der Waals surface area contributed by atoms with Crippen LogP contribution in [0.3, 0.4) is 0 Å². The van der Waals surface area contributed by atoms with Crippen molar-refractivity contribution in [1.82, 2.24) is 4.90 Å². The molecule has 0 aromatic carbocycles. The van der Waals surface area contributed by atoms with E-state index < -0.39 is 5.97 Å². The zero-order valence-corrected chi connectivity index (χ0v) is 10.5. The maximum Gasteiger partial charge on any atom is 0.303 e. The van der Waals surface area contributed by atoms with Crippen molar-refractivity contribution in [2.45, 2.75) is 33.6 Å². The van der Waals surface area contributed by atoms with Crippen LogP contribution >= 0.6 is 0 Å². The third kappa shape index (κ3) is 8.03. The van der Waals surface area contributed by atoms with E-state index in [1.807, 2.05) is 26.8 Å². The number of likely N-dealkylation sites (N-methyl/N-ethyl adjacent to an activating group) is 1. The van der Waals surface area contributed by atoms with E-state index in [-0.39, 0.29) is 17.7 Å². The first kappa shape index (κ1) is 14.7. The molecule has 0 saturated heterocycles. The quantitative estimate of drug-likeness (QED) is 0.730. The highest BCUT2D eigenvalue weighted by molar-refractivity contribution is 5.87. The van der Waals surface area contributed by atoms with Crippen molar-refractivity contribution in [1.29, 1.82) is 0 Å². The van der Waals surface area contributed by atoms with E-state index in [0.717, 1.165) is 0 Å². The number of carboxylic acid groups (broad SMARTS) is 1. The second kappa shape index (κ2) is 6.30. The molecule has 0 aliphatic carbocycles. The molecular formula is C12H21NO3. The third-order valence-electron chi connectivity index (χ3n) is 1.99. The predicted octanol–water partition coefficient (Wildman–Crippen LogP) is 1.91. The highest BCUT2D eigenvalue weighted by atomic mass is 16.4. The maximum absolute atomic E-state index is 11.6. The number of aliphatic carboxylic acids is 1. The summed E-state index contributed by atoms with van der Waals surface area (Å²) in [4.78, 5) is 23.4. The van der Waals surface area contributed by atoms with Crippen LogP contribution in [0.25, 0.3) is 0 Å². The Kier molecular flexibility index (Phi) is 5.78. The van der Waals surface area contributed by atoms with Crippen molar-refractivity contribution in [3.63, 3.8) is 0 Å². The van der Waals surface area contributed by atoms with Gasteiger partial charge in [0.1, 0.15) is 0 Å². The molecule has 1 N–H and O–H groups in total. The van der Waals surface area contributed by atoms with Crippen LogP contribution in [0, 0.1) is 5.41 Å². The number of rotatable bonds is 5. The minimum atomic E-state index is -0.828. The van der Waals surface area contributed by atoms with Crippen molar-refractivity contribution in [2.24, 2.45) is 5.41 Å². The van der Waals surface area contributed by atoms with Gasteiger partial charge in [0.25, 0.3) is 0 Å². The summed E-state index contributed by atoms with van der Waals surface area (Å²) in [5, 5.41) is 8.46. The number of amides is 1. The Morgan fingerprint density at radius 3 is 2.31 bits per heavy atom. The fraction of sp³-hybridized carbons (Fsp3) is 0.667. The lowest BCUT2D eigenvalue weighted by Crippen LogP contribution is -2.26. The van der Waals surface area contributed by atoms with E-state index in [4.69, 9.17) is 5.11 Å². The normalized spacial score (nSPS) is 11.8. The summed E-state index contributed by atoms with van der Waals surface area (Å²) in [6.07, 6.45) is 3.98. The molecule has 0 aliphatic rings. The average Bonchev–Trinajstić information content (AvgIpc) is 2.12. The van der Waals surface area contributed by atoms with E-state index in [9.17, 15) is 9.59 Å². The fourth-order valence-electron chi connectivity index (χ4n) is 1.03. The van der Waals surface area contributed by atoms with E-state index >= 15 is 0 Å². The average molecular weight is 227 g/mol. The Morgan fingerprint density at radius 1 is 1.31 bits per heavy atom. The Morgan fingerprint density at radius 2 is 1.88 bits per heavy atom. The largest absolute Gasteiger partial charge is 0.481 e. The zero-order chi connectivity index (χ0) is 12.8. The number of carboxylic acids is 1. The van der Waals surface area contributed by atoms with Crippen LogP contribution in [-0.2, 0) is 9.59 Å². The SMILES string of the molecule is CN(CCCC(=O)O)C(=O)/C=C/C(C)(C)C. The summed E-state index contributed by atoms with van der Waals surface area (Å²) in [6, 6.07) is 0. The number of carbonyl (C=O) groups is 2. The molecule has 0 spiro atoms. The predicted molar refractivity (Wildman–Crippen MR) is 63.1 cm³/mol. The summed E-state index contributed by atoms with van der Waals surface area (Å²) in [6.45, 7) is 6.52. The van der Waals surface area contributed by atoms with Crippen molar-refractivity contribution in [2.75, 3.05) is 13.6 Å². The van der Waals surface area contributed by atoms with Crippen LogP contribution < -0.4 is 0 Å². The molecule has 0 saturated carbocycles. The molecule has 0 fully saturated rings. The lowest BCUT2D eigenvalue weighted by atomic mass is 9.96. The van der Waals surface area contributed by atoms with Crippen LogP contribution in [0.5, 0.6) is 0 Å². The topological polar surface area (TPSA) is 57.6 Å². The molecule has 0 atom stereocenters. The second-order valence-electron chi connectivity index (χ2n) is 4.96. The number of hydrogen-bond donors (Lipinski definition) is 1. The van der Waals surface area contributed by atoms with Gasteiger partial charge in [-0.25, -0.2) is 0 Å². The lowest BCUT2D eigenvalue weighted by Gasteiger charge is -2.16. The summed E-state index contributed by atoms with van der Waals surface area (Å²) in [5.41, 5.74) is -0.0163. The molecule has 1 amide bonds. The molecule has 0 aliphatic heterocycles. The highest BCUT2D eigenvalue weighted by Gasteiger charge is 2.09.